The van der Waals surface area contributed by atoms with Crippen LogP contribution in [0.1, 0.15) is 14.5 Å². The molecule has 0 fully saturated rings. The lowest BCUT2D eigenvalue weighted by atomic mass is 10.3. The maximum atomic E-state index is 11.5. The molecule has 1 heterocycles. The van der Waals surface area contributed by atoms with Crippen LogP contribution < -0.4 is 0 Å². The fourth-order valence-corrected chi connectivity index (χ4v) is 1.65. The molecule has 0 N–H and O–H groups in total. The molecule has 1 aromatic rings. The molecule has 0 aliphatic heterocycles. The lowest BCUT2D eigenvalue weighted by molar-refractivity contribution is 0.104. The molecule has 0 aliphatic rings. The molecule has 0 bridgehead atoms. The molecule has 0 saturated carbocycles. The number of allylic oxidation sites excluding steroid dienone is 1. The van der Waals surface area contributed by atoms with Gasteiger partial charge in [0.25, 0.3) is 0 Å². The van der Waals surface area contributed by atoms with Crippen LogP contribution in [0.3, 0.4) is 0 Å². The van der Waals surface area contributed by atoms with Gasteiger partial charge in [0.05, 0.1) is 4.88 Å². The van der Waals surface area contributed by atoms with Crippen LogP contribution in [0.4, 0.5) is 0 Å². The number of nitrogens with zero attached hydrogens (tertiary/aromatic N) is 1. The standard InChI is InChI=1S/C10H13NOS/c1-8-4-5-10(13-8)9(12)6-7-11(2)3/h4-7H,1-3H3/b7-6+. The molecule has 0 amide bonds. The van der Waals surface area contributed by atoms with Crippen molar-refractivity contribution in [1.82, 2.24) is 4.90 Å². The van der Waals surface area contributed by atoms with Crippen LogP contribution in [0.25, 0.3) is 0 Å². The molecule has 70 valence electrons. The molecule has 0 aliphatic carbocycles. The van der Waals surface area contributed by atoms with E-state index in [9.17, 15) is 4.79 Å². The van der Waals surface area contributed by atoms with Crippen LogP contribution in [-0.4, -0.2) is 24.8 Å². The van der Waals surface area contributed by atoms with Gasteiger partial charge in [-0.1, -0.05) is 0 Å². The molecule has 0 radical (unpaired) electrons. The van der Waals surface area contributed by atoms with E-state index in [0.29, 0.717) is 0 Å². The summed E-state index contributed by atoms with van der Waals surface area (Å²) < 4.78 is 0. The Morgan fingerprint density at radius 3 is 2.62 bits per heavy atom. The Labute approximate surface area is 82.5 Å². The number of thiophene rings is 1. The fourth-order valence-electron chi connectivity index (χ4n) is 0.866. The van der Waals surface area contributed by atoms with Crippen molar-refractivity contribution >= 4 is 17.1 Å². The monoisotopic (exact) mass is 195 g/mol. The lowest BCUT2D eigenvalue weighted by Crippen LogP contribution is -2.02. The molecule has 3 heteroatoms. The summed E-state index contributed by atoms with van der Waals surface area (Å²) in [5.74, 6) is 0.0757. The number of hydrogen-bond acceptors (Lipinski definition) is 3. The first-order valence-corrected chi connectivity index (χ1v) is 4.86. The van der Waals surface area contributed by atoms with Gasteiger partial charge in [-0.05, 0) is 19.1 Å². The van der Waals surface area contributed by atoms with Crippen LogP contribution in [0.15, 0.2) is 24.4 Å². The summed E-state index contributed by atoms with van der Waals surface area (Å²) in [5.41, 5.74) is 0. The maximum Gasteiger partial charge on any atom is 0.197 e. The van der Waals surface area contributed by atoms with Gasteiger partial charge in [-0.3, -0.25) is 4.79 Å². The van der Waals surface area contributed by atoms with Crippen LogP contribution >= 0.6 is 11.3 Å². The average Bonchev–Trinajstić information content (AvgIpc) is 2.47. The van der Waals surface area contributed by atoms with Gasteiger partial charge in [-0.2, -0.15) is 0 Å². The number of rotatable bonds is 3. The topological polar surface area (TPSA) is 20.3 Å². The normalized spacial score (nSPS) is 10.7. The van der Waals surface area contributed by atoms with Gasteiger partial charge in [-0.25, -0.2) is 0 Å². The maximum absolute atomic E-state index is 11.5. The summed E-state index contributed by atoms with van der Waals surface area (Å²) in [6, 6.07) is 3.82. The van der Waals surface area contributed by atoms with Crippen molar-refractivity contribution in [2.24, 2.45) is 0 Å². The SMILES string of the molecule is Cc1ccc(C(=O)/C=C/N(C)C)s1. The molecule has 0 unspecified atom stereocenters. The second-order valence-electron chi connectivity index (χ2n) is 3.05. The number of hydrogen-bond donors (Lipinski definition) is 0. The Morgan fingerprint density at radius 2 is 2.15 bits per heavy atom. The second kappa shape index (κ2) is 4.23. The van der Waals surface area contributed by atoms with E-state index in [-0.39, 0.29) is 5.78 Å². The third-order valence-corrected chi connectivity index (χ3v) is 2.52. The number of carbonyl (C=O) groups excluding carboxylic acids is 1. The van der Waals surface area contributed by atoms with Crippen molar-refractivity contribution in [3.63, 3.8) is 0 Å². The third kappa shape index (κ3) is 3.03. The van der Waals surface area contributed by atoms with Gasteiger partial charge in [0, 0.05) is 31.2 Å². The Balaban J connectivity index is 2.69. The van der Waals surface area contributed by atoms with Crippen molar-refractivity contribution in [3.05, 3.63) is 34.2 Å². The zero-order valence-electron chi connectivity index (χ0n) is 8.07. The molecule has 0 saturated heterocycles. The van der Waals surface area contributed by atoms with E-state index in [0.717, 1.165) is 4.88 Å². The van der Waals surface area contributed by atoms with E-state index < -0.39 is 0 Å². The van der Waals surface area contributed by atoms with Crippen LogP contribution in [0, 0.1) is 6.92 Å². The smallest absolute Gasteiger partial charge is 0.197 e. The van der Waals surface area contributed by atoms with Gasteiger partial charge in [-0.15, -0.1) is 11.3 Å². The summed E-state index contributed by atoms with van der Waals surface area (Å²) in [5, 5.41) is 0. The highest BCUT2D eigenvalue weighted by Crippen LogP contribution is 2.15. The molecule has 2 nitrogen and oxygen atoms in total. The van der Waals surface area contributed by atoms with E-state index in [1.807, 2.05) is 38.1 Å². The first-order valence-electron chi connectivity index (χ1n) is 4.05. The Bertz CT molecular complexity index is 325. The minimum atomic E-state index is 0.0757. The molecule has 1 aromatic heterocycles. The van der Waals surface area contributed by atoms with E-state index in [2.05, 4.69) is 0 Å². The summed E-state index contributed by atoms with van der Waals surface area (Å²) in [7, 11) is 3.78. The third-order valence-electron chi connectivity index (χ3n) is 1.51. The van der Waals surface area contributed by atoms with Crippen molar-refractivity contribution in [2.45, 2.75) is 6.92 Å². The van der Waals surface area contributed by atoms with Gasteiger partial charge < -0.3 is 4.90 Å². The average molecular weight is 195 g/mol. The fraction of sp³-hybridized carbons (Fsp3) is 0.300. The summed E-state index contributed by atoms with van der Waals surface area (Å²) >= 11 is 1.53. The largest absolute Gasteiger partial charge is 0.383 e. The highest BCUT2D eigenvalue weighted by Gasteiger charge is 2.03. The zero-order valence-corrected chi connectivity index (χ0v) is 8.89. The molecule has 0 atom stereocenters. The predicted octanol–water partition coefficient (Wildman–Crippen LogP) is 2.31. The predicted molar refractivity (Wildman–Crippen MR) is 56.2 cm³/mol. The highest BCUT2D eigenvalue weighted by molar-refractivity contribution is 7.14. The zero-order chi connectivity index (χ0) is 9.84. The Kier molecular flexibility index (Phi) is 3.25. The second-order valence-corrected chi connectivity index (χ2v) is 4.34. The van der Waals surface area contributed by atoms with Crippen molar-refractivity contribution in [3.8, 4) is 0 Å². The molecular weight excluding hydrogens is 182 g/mol. The first kappa shape index (κ1) is 9.99. The molecule has 13 heavy (non-hydrogen) atoms. The van der Waals surface area contributed by atoms with Crippen molar-refractivity contribution in [1.29, 1.82) is 0 Å². The summed E-state index contributed by atoms with van der Waals surface area (Å²) in [4.78, 5) is 15.3. The minimum Gasteiger partial charge on any atom is -0.383 e. The van der Waals surface area contributed by atoms with Gasteiger partial charge >= 0.3 is 0 Å². The molecular formula is C10H13NOS. The summed E-state index contributed by atoms with van der Waals surface area (Å²) in [6.07, 6.45) is 3.35. The number of aryl methyl sites for hydroxylation is 1. The van der Waals surface area contributed by atoms with E-state index >= 15 is 0 Å². The Hall–Kier alpha value is -1.09. The van der Waals surface area contributed by atoms with Crippen LogP contribution in [0.2, 0.25) is 0 Å². The quantitative estimate of drug-likeness (QED) is 0.545. The molecule has 1 rings (SSSR count). The minimum absolute atomic E-state index is 0.0757. The highest BCUT2D eigenvalue weighted by atomic mass is 32.1. The Morgan fingerprint density at radius 1 is 1.46 bits per heavy atom. The van der Waals surface area contributed by atoms with Gasteiger partial charge in [0.2, 0.25) is 0 Å². The molecule has 0 spiro atoms. The van der Waals surface area contributed by atoms with Crippen LogP contribution in [0.5, 0.6) is 0 Å². The number of ketones is 1. The van der Waals surface area contributed by atoms with E-state index in [1.165, 1.54) is 16.2 Å². The van der Waals surface area contributed by atoms with E-state index in [4.69, 9.17) is 0 Å². The number of carbonyl (C=O) groups is 1. The van der Waals surface area contributed by atoms with Crippen LogP contribution in [-0.2, 0) is 0 Å². The first-order chi connectivity index (χ1) is 6.09. The lowest BCUT2D eigenvalue weighted by Gasteiger charge is -2.01. The van der Waals surface area contributed by atoms with Gasteiger partial charge in [0.15, 0.2) is 5.78 Å². The molecule has 0 aromatic carbocycles. The van der Waals surface area contributed by atoms with E-state index in [1.54, 1.807) is 12.3 Å². The summed E-state index contributed by atoms with van der Waals surface area (Å²) in [6.45, 7) is 2.00. The van der Waals surface area contributed by atoms with Crippen molar-refractivity contribution in [2.75, 3.05) is 14.1 Å². The van der Waals surface area contributed by atoms with Crippen molar-refractivity contribution < 1.29 is 4.79 Å². The van der Waals surface area contributed by atoms with Gasteiger partial charge in [0.1, 0.15) is 0 Å².